The maximum Gasteiger partial charge on any atom is 0.185 e. The summed E-state index contributed by atoms with van der Waals surface area (Å²) in [6, 6.07) is 8.56. The van der Waals surface area contributed by atoms with Gasteiger partial charge in [0.2, 0.25) is 0 Å². The second-order valence-electron chi connectivity index (χ2n) is 4.56. The van der Waals surface area contributed by atoms with Crippen molar-refractivity contribution < 1.29 is 18.3 Å². The predicted molar refractivity (Wildman–Crippen MR) is 77.5 cm³/mol. The van der Waals surface area contributed by atoms with E-state index < -0.39 is 11.6 Å². The third-order valence-corrected chi connectivity index (χ3v) is 3.05. The van der Waals surface area contributed by atoms with Crippen LogP contribution in [0.5, 0.6) is 5.75 Å². The predicted octanol–water partition coefficient (Wildman–Crippen LogP) is 4.18. The molecule has 0 bridgehead atoms. The molecule has 0 aromatic heterocycles. The molecular formula is C17H14F2O2. The summed E-state index contributed by atoms with van der Waals surface area (Å²) < 4.78 is 31.0. The number of hydrogen-bond acceptors (Lipinski definition) is 2. The van der Waals surface area contributed by atoms with Gasteiger partial charge in [-0.15, -0.1) is 0 Å². The Labute approximate surface area is 121 Å². The Bertz CT molecular complexity index is 706. The number of carbonyl (C=O) groups is 1. The maximum absolute atomic E-state index is 13.1. The molecule has 2 nitrogen and oxygen atoms in total. The highest BCUT2D eigenvalue weighted by atomic mass is 19.2. The molecule has 0 aliphatic rings. The topological polar surface area (TPSA) is 26.3 Å². The summed E-state index contributed by atoms with van der Waals surface area (Å²) in [6.45, 7) is 1.90. The van der Waals surface area contributed by atoms with Crippen LogP contribution in [0.2, 0.25) is 0 Å². The van der Waals surface area contributed by atoms with Crippen molar-refractivity contribution in [2.45, 2.75) is 6.92 Å². The average molecular weight is 288 g/mol. The smallest absolute Gasteiger partial charge is 0.185 e. The van der Waals surface area contributed by atoms with Crippen molar-refractivity contribution >= 4 is 11.9 Å². The van der Waals surface area contributed by atoms with Crippen molar-refractivity contribution in [1.82, 2.24) is 0 Å². The molecule has 0 saturated carbocycles. The number of methoxy groups -OCH3 is 1. The molecule has 108 valence electrons. The van der Waals surface area contributed by atoms with Crippen LogP contribution in [0.3, 0.4) is 0 Å². The zero-order valence-corrected chi connectivity index (χ0v) is 11.7. The van der Waals surface area contributed by atoms with E-state index in [1.807, 2.05) is 13.0 Å². The normalized spacial score (nSPS) is 10.9. The molecule has 0 atom stereocenters. The van der Waals surface area contributed by atoms with E-state index in [1.54, 1.807) is 25.3 Å². The Morgan fingerprint density at radius 1 is 1.10 bits per heavy atom. The van der Waals surface area contributed by atoms with Crippen molar-refractivity contribution in [1.29, 1.82) is 0 Å². The zero-order valence-electron chi connectivity index (χ0n) is 11.7. The maximum atomic E-state index is 13.1. The molecule has 0 amide bonds. The summed E-state index contributed by atoms with van der Waals surface area (Å²) in [7, 11) is 1.59. The van der Waals surface area contributed by atoms with Gasteiger partial charge in [0.25, 0.3) is 0 Å². The van der Waals surface area contributed by atoms with Gasteiger partial charge in [-0.1, -0.05) is 12.1 Å². The number of aryl methyl sites for hydroxylation is 1. The van der Waals surface area contributed by atoms with Crippen LogP contribution in [0.4, 0.5) is 8.78 Å². The van der Waals surface area contributed by atoms with Gasteiger partial charge in [0.1, 0.15) is 5.75 Å². The molecule has 0 heterocycles. The van der Waals surface area contributed by atoms with Crippen LogP contribution in [-0.4, -0.2) is 12.9 Å². The first-order valence-corrected chi connectivity index (χ1v) is 6.33. The second-order valence-corrected chi connectivity index (χ2v) is 4.56. The minimum Gasteiger partial charge on any atom is -0.496 e. The molecule has 0 saturated heterocycles. The highest BCUT2D eigenvalue weighted by Gasteiger charge is 2.07. The van der Waals surface area contributed by atoms with Crippen LogP contribution >= 0.6 is 0 Å². The lowest BCUT2D eigenvalue weighted by Gasteiger charge is -2.04. The Morgan fingerprint density at radius 2 is 1.86 bits per heavy atom. The first-order valence-electron chi connectivity index (χ1n) is 6.33. The van der Waals surface area contributed by atoms with Gasteiger partial charge < -0.3 is 4.74 Å². The number of hydrogen-bond donors (Lipinski definition) is 0. The molecule has 2 rings (SSSR count). The summed E-state index contributed by atoms with van der Waals surface area (Å²) >= 11 is 0. The summed E-state index contributed by atoms with van der Waals surface area (Å²) in [5, 5.41) is 0. The van der Waals surface area contributed by atoms with Crippen LogP contribution in [-0.2, 0) is 0 Å². The lowest BCUT2D eigenvalue weighted by Crippen LogP contribution is -1.96. The summed E-state index contributed by atoms with van der Waals surface area (Å²) in [5.41, 5.74) is 1.87. The van der Waals surface area contributed by atoms with Crippen molar-refractivity contribution in [2.24, 2.45) is 0 Å². The molecule has 0 spiro atoms. The standard InChI is InChI=1S/C17H14F2O2/c1-11-9-12(4-8-17(11)21-2)3-7-16(20)13-5-6-14(18)15(19)10-13/h3-10H,1-2H3/b7-3+. The van der Waals surface area contributed by atoms with Gasteiger partial charge in [-0.2, -0.15) is 0 Å². The van der Waals surface area contributed by atoms with Crippen LogP contribution in [0.15, 0.2) is 42.5 Å². The number of halogens is 2. The van der Waals surface area contributed by atoms with Crippen molar-refractivity contribution in [3.8, 4) is 5.75 Å². The fourth-order valence-electron chi connectivity index (χ4n) is 1.92. The molecular weight excluding hydrogens is 274 g/mol. The molecule has 0 radical (unpaired) electrons. The Morgan fingerprint density at radius 3 is 2.48 bits per heavy atom. The quantitative estimate of drug-likeness (QED) is 0.623. The minimum atomic E-state index is -1.03. The molecule has 21 heavy (non-hydrogen) atoms. The number of rotatable bonds is 4. The van der Waals surface area contributed by atoms with E-state index >= 15 is 0 Å². The third kappa shape index (κ3) is 3.54. The molecule has 4 heteroatoms. The van der Waals surface area contributed by atoms with E-state index in [0.29, 0.717) is 0 Å². The minimum absolute atomic E-state index is 0.107. The number of allylic oxidation sites excluding steroid dienone is 1. The van der Waals surface area contributed by atoms with Crippen LogP contribution in [0.25, 0.3) is 6.08 Å². The van der Waals surface area contributed by atoms with Crippen molar-refractivity contribution in [2.75, 3.05) is 7.11 Å². The highest BCUT2D eigenvalue weighted by Crippen LogP contribution is 2.19. The van der Waals surface area contributed by atoms with Gasteiger partial charge in [0, 0.05) is 5.56 Å². The van der Waals surface area contributed by atoms with E-state index in [1.165, 1.54) is 12.1 Å². The fourth-order valence-corrected chi connectivity index (χ4v) is 1.92. The lowest BCUT2D eigenvalue weighted by molar-refractivity contribution is 0.104. The first kappa shape index (κ1) is 14.9. The van der Waals surface area contributed by atoms with E-state index in [2.05, 4.69) is 0 Å². The van der Waals surface area contributed by atoms with E-state index in [0.717, 1.165) is 29.0 Å². The van der Waals surface area contributed by atoms with Gasteiger partial charge in [0.05, 0.1) is 7.11 Å². The van der Waals surface area contributed by atoms with Gasteiger partial charge in [-0.25, -0.2) is 8.78 Å². The average Bonchev–Trinajstić information content (AvgIpc) is 2.47. The van der Waals surface area contributed by atoms with E-state index in [4.69, 9.17) is 4.74 Å². The summed E-state index contributed by atoms with van der Waals surface area (Å²) in [6.07, 6.45) is 2.95. The van der Waals surface area contributed by atoms with E-state index in [9.17, 15) is 13.6 Å². The Hall–Kier alpha value is -2.49. The molecule has 2 aromatic carbocycles. The van der Waals surface area contributed by atoms with Crippen molar-refractivity contribution in [3.63, 3.8) is 0 Å². The Balaban J connectivity index is 2.18. The molecule has 2 aromatic rings. The van der Waals surface area contributed by atoms with Crippen LogP contribution in [0.1, 0.15) is 21.5 Å². The molecule has 0 aliphatic carbocycles. The van der Waals surface area contributed by atoms with Gasteiger partial charge >= 0.3 is 0 Å². The Kier molecular flexibility index (Phi) is 4.48. The second kappa shape index (κ2) is 6.31. The highest BCUT2D eigenvalue weighted by molar-refractivity contribution is 6.06. The number of benzene rings is 2. The molecule has 0 unspecified atom stereocenters. The number of ketones is 1. The number of ether oxygens (including phenoxy) is 1. The van der Waals surface area contributed by atoms with Gasteiger partial charge in [-0.05, 0) is 54.5 Å². The molecule has 0 aliphatic heterocycles. The monoisotopic (exact) mass is 288 g/mol. The fraction of sp³-hybridized carbons (Fsp3) is 0.118. The van der Waals surface area contributed by atoms with E-state index in [-0.39, 0.29) is 11.3 Å². The van der Waals surface area contributed by atoms with Gasteiger partial charge in [-0.3, -0.25) is 4.79 Å². The SMILES string of the molecule is COc1ccc(/C=C/C(=O)c2ccc(F)c(F)c2)cc1C. The van der Waals surface area contributed by atoms with Gasteiger partial charge in [0.15, 0.2) is 17.4 Å². The summed E-state index contributed by atoms with van der Waals surface area (Å²) in [5.74, 6) is -1.63. The van der Waals surface area contributed by atoms with Crippen LogP contribution in [0, 0.1) is 18.6 Å². The lowest BCUT2D eigenvalue weighted by atomic mass is 10.1. The van der Waals surface area contributed by atoms with Crippen LogP contribution < -0.4 is 4.74 Å². The zero-order chi connectivity index (χ0) is 15.4. The molecule has 0 fully saturated rings. The third-order valence-electron chi connectivity index (χ3n) is 3.05. The summed E-state index contributed by atoms with van der Waals surface area (Å²) in [4.78, 5) is 11.9. The molecule has 0 N–H and O–H groups in total. The number of carbonyl (C=O) groups excluding carboxylic acids is 1. The van der Waals surface area contributed by atoms with Crippen molar-refractivity contribution in [3.05, 3.63) is 70.8 Å². The largest absolute Gasteiger partial charge is 0.496 e. The first-order chi connectivity index (χ1) is 10.0.